The molecule has 0 saturated carbocycles. The second-order valence-corrected chi connectivity index (χ2v) is 3.53. The lowest BCUT2D eigenvalue weighted by Crippen LogP contribution is -1.97. The fourth-order valence-electron chi connectivity index (χ4n) is 1.93. The Labute approximate surface area is 92.9 Å². The monoisotopic (exact) mass is 211 g/mol. The van der Waals surface area contributed by atoms with Crippen molar-refractivity contribution in [2.45, 2.75) is 6.92 Å². The molecule has 0 bridgehead atoms. The summed E-state index contributed by atoms with van der Waals surface area (Å²) in [6.07, 6.45) is 0. The van der Waals surface area contributed by atoms with Crippen molar-refractivity contribution in [1.29, 1.82) is 5.26 Å². The highest BCUT2D eigenvalue weighted by atomic mass is 16.4. The standard InChI is InChI=1S/C13H9NO2/c1-8-11(7-14)9-5-3-2-4-6-10(9)12(8)13(15)16/h2-6H,1H3,(H,15,16). The van der Waals surface area contributed by atoms with Crippen molar-refractivity contribution in [1.82, 2.24) is 0 Å². The molecule has 0 fully saturated rings. The third kappa shape index (κ3) is 1.32. The summed E-state index contributed by atoms with van der Waals surface area (Å²) in [4.78, 5) is 11.2. The van der Waals surface area contributed by atoms with Gasteiger partial charge in [-0.1, -0.05) is 30.3 Å². The molecule has 2 aliphatic rings. The van der Waals surface area contributed by atoms with Crippen LogP contribution in [-0.4, -0.2) is 11.1 Å². The van der Waals surface area contributed by atoms with Crippen molar-refractivity contribution in [3.63, 3.8) is 0 Å². The van der Waals surface area contributed by atoms with E-state index < -0.39 is 5.97 Å². The number of rotatable bonds is 1. The number of aromatic carboxylic acids is 1. The van der Waals surface area contributed by atoms with Gasteiger partial charge in [-0.3, -0.25) is 0 Å². The Morgan fingerprint density at radius 1 is 1.25 bits per heavy atom. The Hall–Kier alpha value is -2.34. The molecule has 0 aromatic carbocycles. The number of carbonyl (C=O) groups is 1. The van der Waals surface area contributed by atoms with E-state index in [1.54, 1.807) is 31.2 Å². The zero-order chi connectivity index (χ0) is 11.7. The molecule has 0 radical (unpaired) electrons. The molecule has 0 aromatic heterocycles. The van der Waals surface area contributed by atoms with Crippen LogP contribution in [0.5, 0.6) is 0 Å². The van der Waals surface area contributed by atoms with Gasteiger partial charge in [-0.25, -0.2) is 4.79 Å². The van der Waals surface area contributed by atoms with Crippen LogP contribution in [0.15, 0.2) is 30.3 Å². The van der Waals surface area contributed by atoms with E-state index in [0.29, 0.717) is 22.3 Å². The van der Waals surface area contributed by atoms with E-state index in [4.69, 9.17) is 10.4 Å². The predicted octanol–water partition coefficient (Wildman–Crippen LogP) is 2.67. The molecule has 0 spiro atoms. The Morgan fingerprint density at radius 3 is 2.44 bits per heavy atom. The summed E-state index contributed by atoms with van der Waals surface area (Å²) in [5, 5.41) is 18.2. The quantitative estimate of drug-likeness (QED) is 0.788. The lowest BCUT2D eigenvalue weighted by atomic mass is 10.1. The maximum atomic E-state index is 11.2. The van der Waals surface area contributed by atoms with Gasteiger partial charge in [0.2, 0.25) is 0 Å². The highest BCUT2D eigenvalue weighted by Crippen LogP contribution is 2.35. The number of carboxylic acid groups (broad SMARTS) is 1. The molecule has 3 heteroatoms. The summed E-state index contributed by atoms with van der Waals surface area (Å²) < 4.78 is 0. The van der Waals surface area contributed by atoms with Crippen molar-refractivity contribution in [3.05, 3.63) is 47.0 Å². The first kappa shape index (κ1) is 10.2. The Bertz CT molecular complexity index is 581. The molecule has 2 aliphatic carbocycles. The first-order chi connectivity index (χ1) is 7.66. The van der Waals surface area contributed by atoms with Crippen molar-refractivity contribution in [2.75, 3.05) is 0 Å². The van der Waals surface area contributed by atoms with Gasteiger partial charge in [0.1, 0.15) is 6.07 Å². The highest BCUT2D eigenvalue weighted by Gasteiger charge is 2.23. The molecule has 0 amide bonds. The minimum atomic E-state index is -0.991. The smallest absolute Gasteiger partial charge is 0.336 e. The van der Waals surface area contributed by atoms with E-state index >= 15 is 0 Å². The molecule has 78 valence electrons. The molecule has 1 N–H and O–H groups in total. The van der Waals surface area contributed by atoms with Crippen molar-refractivity contribution >= 4 is 5.97 Å². The van der Waals surface area contributed by atoms with Gasteiger partial charge < -0.3 is 5.11 Å². The van der Waals surface area contributed by atoms with Crippen LogP contribution in [0.3, 0.4) is 0 Å². The van der Waals surface area contributed by atoms with Gasteiger partial charge in [0.25, 0.3) is 0 Å². The van der Waals surface area contributed by atoms with Crippen molar-refractivity contribution in [3.8, 4) is 17.2 Å². The lowest BCUT2D eigenvalue weighted by Gasteiger charge is -1.95. The topological polar surface area (TPSA) is 61.1 Å². The zero-order valence-electron chi connectivity index (χ0n) is 8.69. The van der Waals surface area contributed by atoms with Gasteiger partial charge in [0.05, 0.1) is 11.1 Å². The second-order valence-electron chi connectivity index (χ2n) is 3.53. The minimum absolute atomic E-state index is 0.225. The van der Waals surface area contributed by atoms with Crippen LogP contribution in [0.1, 0.15) is 21.5 Å². The predicted molar refractivity (Wildman–Crippen MR) is 59.5 cm³/mol. The van der Waals surface area contributed by atoms with Gasteiger partial charge in [-0.15, -0.1) is 0 Å². The highest BCUT2D eigenvalue weighted by molar-refractivity contribution is 6.01. The van der Waals surface area contributed by atoms with Gasteiger partial charge in [-0.05, 0) is 18.1 Å². The molecule has 16 heavy (non-hydrogen) atoms. The number of hydrogen-bond acceptors (Lipinski definition) is 2. The summed E-state index contributed by atoms with van der Waals surface area (Å²) in [5.74, 6) is -0.991. The number of carboxylic acids is 1. The lowest BCUT2D eigenvalue weighted by molar-refractivity contribution is 0.0697. The van der Waals surface area contributed by atoms with Crippen molar-refractivity contribution in [2.24, 2.45) is 0 Å². The molecule has 3 nitrogen and oxygen atoms in total. The maximum Gasteiger partial charge on any atom is 0.336 e. The van der Waals surface area contributed by atoms with Gasteiger partial charge in [0.15, 0.2) is 0 Å². The fraction of sp³-hybridized carbons (Fsp3) is 0.0769. The van der Waals surface area contributed by atoms with Gasteiger partial charge >= 0.3 is 5.97 Å². The molecule has 0 saturated heterocycles. The largest absolute Gasteiger partial charge is 0.478 e. The van der Waals surface area contributed by atoms with E-state index in [1.165, 1.54) is 0 Å². The van der Waals surface area contributed by atoms with Crippen molar-refractivity contribution < 1.29 is 9.90 Å². The molecule has 0 heterocycles. The summed E-state index contributed by atoms with van der Waals surface area (Å²) in [6.45, 7) is 1.67. The summed E-state index contributed by atoms with van der Waals surface area (Å²) >= 11 is 0. The first-order valence-corrected chi connectivity index (χ1v) is 4.81. The zero-order valence-corrected chi connectivity index (χ0v) is 8.69. The minimum Gasteiger partial charge on any atom is -0.478 e. The van der Waals surface area contributed by atoms with Crippen LogP contribution < -0.4 is 0 Å². The molecule has 2 rings (SSSR count). The Morgan fingerprint density at radius 2 is 1.88 bits per heavy atom. The second kappa shape index (κ2) is 3.67. The third-order valence-electron chi connectivity index (χ3n) is 2.65. The maximum absolute atomic E-state index is 11.2. The average Bonchev–Trinajstić information content (AvgIpc) is 2.40. The summed E-state index contributed by atoms with van der Waals surface area (Å²) in [6, 6.07) is 10.9. The fourth-order valence-corrected chi connectivity index (χ4v) is 1.93. The average molecular weight is 211 g/mol. The number of hydrogen-bond donors (Lipinski definition) is 1. The SMILES string of the molecule is Cc1c(C#N)c2cccccc-2c1C(=O)O. The number of nitriles is 1. The molecular weight excluding hydrogens is 202 g/mol. The van der Waals surface area contributed by atoms with Crippen LogP contribution in [0.25, 0.3) is 11.1 Å². The number of nitrogens with zero attached hydrogens (tertiary/aromatic N) is 1. The molecule has 0 aromatic rings. The van der Waals surface area contributed by atoms with E-state index in [-0.39, 0.29) is 5.56 Å². The molecule has 0 aliphatic heterocycles. The van der Waals surface area contributed by atoms with Gasteiger partial charge in [-0.2, -0.15) is 5.26 Å². The Balaban J connectivity index is 2.92. The van der Waals surface area contributed by atoms with Crippen LogP contribution in [0, 0.1) is 18.3 Å². The summed E-state index contributed by atoms with van der Waals surface area (Å²) in [5.41, 5.74) is 2.52. The normalized spacial score (nSPS) is 10.0. The van der Waals surface area contributed by atoms with E-state index in [1.807, 2.05) is 6.07 Å². The molecule has 0 unspecified atom stereocenters. The van der Waals surface area contributed by atoms with Crippen LogP contribution in [-0.2, 0) is 0 Å². The van der Waals surface area contributed by atoms with E-state index in [0.717, 1.165) is 0 Å². The van der Waals surface area contributed by atoms with Crippen LogP contribution >= 0.6 is 0 Å². The van der Waals surface area contributed by atoms with E-state index in [9.17, 15) is 4.79 Å². The van der Waals surface area contributed by atoms with Gasteiger partial charge in [0, 0.05) is 5.56 Å². The number of fused-ring (bicyclic) bond motifs is 1. The molecule has 0 atom stereocenters. The Kier molecular flexibility index (Phi) is 2.34. The van der Waals surface area contributed by atoms with Crippen LogP contribution in [0.2, 0.25) is 0 Å². The third-order valence-corrected chi connectivity index (χ3v) is 2.65. The summed E-state index contributed by atoms with van der Waals surface area (Å²) in [7, 11) is 0. The first-order valence-electron chi connectivity index (χ1n) is 4.81. The van der Waals surface area contributed by atoms with E-state index in [2.05, 4.69) is 6.07 Å². The molecular formula is C13H9NO2. The van der Waals surface area contributed by atoms with Crippen LogP contribution in [0.4, 0.5) is 0 Å².